The van der Waals surface area contributed by atoms with Gasteiger partial charge in [0, 0.05) is 29.4 Å². The maximum Gasteiger partial charge on any atom is 0.272 e. The smallest absolute Gasteiger partial charge is 0.272 e. The second-order valence-corrected chi connectivity index (χ2v) is 6.33. The third kappa shape index (κ3) is 2.82. The molecule has 8 heteroatoms. The molecular weight excluding hydrogens is 328 g/mol. The Balaban J connectivity index is 1.58. The molecule has 0 bridgehead atoms. The summed E-state index contributed by atoms with van der Waals surface area (Å²) in [6, 6.07) is 9.13. The number of benzene rings is 1. The summed E-state index contributed by atoms with van der Waals surface area (Å²) in [6.45, 7) is 1.29. The number of hydrogen-bond acceptors (Lipinski definition) is 5. The Morgan fingerprint density at radius 1 is 1.29 bits per heavy atom. The van der Waals surface area contributed by atoms with Gasteiger partial charge in [0.25, 0.3) is 5.91 Å². The fourth-order valence-corrected chi connectivity index (χ4v) is 3.25. The van der Waals surface area contributed by atoms with Gasteiger partial charge in [-0.3, -0.25) is 4.79 Å². The van der Waals surface area contributed by atoms with E-state index in [9.17, 15) is 4.79 Å². The van der Waals surface area contributed by atoms with Crippen LogP contribution in [0.25, 0.3) is 10.9 Å². The van der Waals surface area contributed by atoms with Crippen LogP contribution in [-0.4, -0.2) is 49.5 Å². The van der Waals surface area contributed by atoms with Gasteiger partial charge in [0.2, 0.25) is 0 Å². The lowest BCUT2D eigenvalue weighted by Gasteiger charge is -2.31. The quantitative estimate of drug-likeness (QED) is 0.772. The number of nitrogens with one attached hydrogen (secondary N) is 1. The Bertz CT molecular complexity index is 881. The van der Waals surface area contributed by atoms with Crippen LogP contribution in [0.15, 0.2) is 30.3 Å². The molecule has 1 aliphatic rings. The van der Waals surface area contributed by atoms with E-state index in [-0.39, 0.29) is 11.8 Å². The zero-order valence-corrected chi connectivity index (χ0v) is 13.6. The van der Waals surface area contributed by atoms with Crippen molar-refractivity contribution in [2.24, 2.45) is 0 Å². The highest BCUT2D eigenvalue weighted by molar-refractivity contribution is 6.31. The predicted octanol–water partition coefficient (Wildman–Crippen LogP) is 2.42. The number of carbonyl (C=O) groups is 1. The Morgan fingerprint density at radius 2 is 2.17 bits per heavy atom. The molecular formula is C16H15ClN6O. The Labute approximate surface area is 143 Å². The zero-order valence-electron chi connectivity index (χ0n) is 12.8. The molecule has 0 radical (unpaired) electrons. The lowest BCUT2D eigenvalue weighted by atomic mass is 9.97. The minimum atomic E-state index is -0.0786. The number of halogens is 1. The first-order chi connectivity index (χ1) is 11.7. The number of fused-ring (bicyclic) bond motifs is 1. The summed E-state index contributed by atoms with van der Waals surface area (Å²) in [6.07, 6.45) is 1.86. The normalized spacial score (nSPS) is 18.0. The molecule has 1 aliphatic heterocycles. The minimum absolute atomic E-state index is 0.0786. The van der Waals surface area contributed by atoms with Gasteiger partial charge in [-0.2, -0.15) is 5.21 Å². The molecule has 0 aliphatic carbocycles. The molecule has 4 rings (SSSR count). The Morgan fingerprint density at radius 3 is 3.00 bits per heavy atom. The number of aromatic nitrogens is 5. The standard InChI is InChI=1S/C16H15ClN6O/c17-12-5-3-10-4-6-13(18-14(10)8-12)16(24)23-7-1-2-11(9-23)15-19-21-22-20-15/h3-6,8,11H,1-2,7,9H2,(H,19,20,21,22). The molecule has 0 spiro atoms. The average molecular weight is 343 g/mol. The number of aromatic amines is 1. The zero-order chi connectivity index (χ0) is 16.5. The number of amides is 1. The topological polar surface area (TPSA) is 87.7 Å². The van der Waals surface area contributed by atoms with Crippen LogP contribution in [0.3, 0.4) is 0 Å². The Kier molecular flexibility index (Phi) is 3.86. The summed E-state index contributed by atoms with van der Waals surface area (Å²) in [5.41, 5.74) is 1.15. The van der Waals surface area contributed by atoms with E-state index in [4.69, 9.17) is 11.6 Å². The number of rotatable bonds is 2. The fourth-order valence-electron chi connectivity index (χ4n) is 3.09. The number of H-pyrrole nitrogens is 1. The molecule has 1 fully saturated rings. The van der Waals surface area contributed by atoms with Crippen molar-refractivity contribution in [2.75, 3.05) is 13.1 Å². The third-order valence-corrected chi connectivity index (χ3v) is 4.54. The van der Waals surface area contributed by atoms with Crippen molar-refractivity contribution in [3.05, 3.63) is 46.9 Å². The van der Waals surface area contributed by atoms with Gasteiger partial charge in [0.15, 0.2) is 5.82 Å². The molecule has 1 saturated heterocycles. The van der Waals surface area contributed by atoms with Gasteiger partial charge in [0.1, 0.15) is 5.69 Å². The van der Waals surface area contributed by atoms with E-state index in [2.05, 4.69) is 25.6 Å². The van der Waals surface area contributed by atoms with Crippen LogP contribution in [0.2, 0.25) is 5.02 Å². The highest BCUT2D eigenvalue weighted by Crippen LogP contribution is 2.25. The predicted molar refractivity (Wildman–Crippen MR) is 88.8 cm³/mol. The molecule has 1 unspecified atom stereocenters. The van der Waals surface area contributed by atoms with Crippen molar-refractivity contribution in [1.82, 2.24) is 30.5 Å². The maximum absolute atomic E-state index is 12.8. The summed E-state index contributed by atoms with van der Waals surface area (Å²) >= 11 is 6.02. The summed E-state index contributed by atoms with van der Waals surface area (Å²) in [5, 5.41) is 15.7. The lowest BCUT2D eigenvalue weighted by Crippen LogP contribution is -2.39. The van der Waals surface area contributed by atoms with E-state index in [0.717, 1.165) is 23.7 Å². The largest absolute Gasteiger partial charge is 0.337 e. The number of piperidine rings is 1. The van der Waals surface area contributed by atoms with Gasteiger partial charge < -0.3 is 4.90 Å². The summed E-state index contributed by atoms with van der Waals surface area (Å²) in [5.74, 6) is 0.687. The second kappa shape index (κ2) is 6.16. The summed E-state index contributed by atoms with van der Waals surface area (Å²) < 4.78 is 0. The van der Waals surface area contributed by atoms with E-state index in [1.165, 1.54) is 0 Å². The molecule has 3 heterocycles. The van der Waals surface area contributed by atoms with Crippen molar-refractivity contribution in [1.29, 1.82) is 0 Å². The van der Waals surface area contributed by atoms with Gasteiger partial charge in [-0.1, -0.05) is 28.9 Å². The molecule has 1 amide bonds. The second-order valence-electron chi connectivity index (χ2n) is 5.89. The number of nitrogens with zero attached hydrogens (tertiary/aromatic N) is 5. The molecule has 7 nitrogen and oxygen atoms in total. The van der Waals surface area contributed by atoms with Crippen molar-refractivity contribution in [3.8, 4) is 0 Å². The first kappa shape index (κ1) is 15.0. The molecule has 2 aromatic heterocycles. The molecule has 1 N–H and O–H groups in total. The fraction of sp³-hybridized carbons (Fsp3) is 0.312. The van der Waals surface area contributed by atoms with Gasteiger partial charge in [0.05, 0.1) is 5.52 Å². The van der Waals surface area contributed by atoms with Gasteiger partial charge in [-0.15, -0.1) is 10.2 Å². The van der Waals surface area contributed by atoms with E-state index in [1.54, 1.807) is 12.1 Å². The van der Waals surface area contributed by atoms with Crippen LogP contribution in [0.4, 0.5) is 0 Å². The number of carbonyl (C=O) groups excluding carboxylic acids is 1. The van der Waals surface area contributed by atoms with Crippen molar-refractivity contribution in [2.45, 2.75) is 18.8 Å². The summed E-state index contributed by atoms with van der Waals surface area (Å²) in [4.78, 5) is 19.1. The number of likely N-dealkylation sites (tertiary alicyclic amines) is 1. The number of tetrazole rings is 1. The highest BCUT2D eigenvalue weighted by atomic mass is 35.5. The highest BCUT2D eigenvalue weighted by Gasteiger charge is 2.28. The van der Waals surface area contributed by atoms with Crippen molar-refractivity contribution < 1.29 is 4.79 Å². The van der Waals surface area contributed by atoms with Crippen LogP contribution in [0.1, 0.15) is 35.1 Å². The van der Waals surface area contributed by atoms with Crippen LogP contribution in [0.5, 0.6) is 0 Å². The van der Waals surface area contributed by atoms with Gasteiger partial charge in [-0.05, 0) is 31.0 Å². The summed E-state index contributed by atoms with van der Waals surface area (Å²) in [7, 11) is 0. The van der Waals surface area contributed by atoms with E-state index in [1.807, 2.05) is 23.1 Å². The van der Waals surface area contributed by atoms with E-state index >= 15 is 0 Å². The molecule has 1 atom stereocenters. The number of hydrogen-bond donors (Lipinski definition) is 1. The monoisotopic (exact) mass is 342 g/mol. The molecule has 122 valence electrons. The molecule has 1 aromatic carbocycles. The van der Waals surface area contributed by atoms with Crippen molar-refractivity contribution in [3.63, 3.8) is 0 Å². The Hall–Kier alpha value is -2.54. The first-order valence-corrected chi connectivity index (χ1v) is 8.17. The molecule has 3 aromatic rings. The first-order valence-electron chi connectivity index (χ1n) is 7.79. The van der Waals surface area contributed by atoms with Crippen LogP contribution in [0, 0.1) is 0 Å². The van der Waals surface area contributed by atoms with E-state index < -0.39 is 0 Å². The minimum Gasteiger partial charge on any atom is -0.337 e. The SMILES string of the molecule is O=C(c1ccc2ccc(Cl)cc2n1)N1CCCC(c2nn[nH]n2)C1. The van der Waals surface area contributed by atoms with Crippen LogP contribution >= 0.6 is 11.6 Å². The lowest BCUT2D eigenvalue weighted by molar-refractivity contribution is 0.0699. The number of pyridine rings is 1. The van der Waals surface area contributed by atoms with Gasteiger partial charge >= 0.3 is 0 Å². The molecule has 0 saturated carbocycles. The van der Waals surface area contributed by atoms with Crippen molar-refractivity contribution >= 4 is 28.4 Å². The van der Waals surface area contributed by atoms with Crippen LogP contribution < -0.4 is 0 Å². The van der Waals surface area contributed by atoms with Gasteiger partial charge in [-0.25, -0.2) is 4.98 Å². The molecule has 24 heavy (non-hydrogen) atoms. The third-order valence-electron chi connectivity index (χ3n) is 4.31. The van der Waals surface area contributed by atoms with E-state index in [0.29, 0.717) is 29.6 Å². The average Bonchev–Trinajstić information content (AvgIpc) is 3.15. The maximum atomic E-state index is 12.8. The van der Waals surface area contributed by atoms with Crippen LogP contribution in [-0.2, 0) is 0 Å².